The molecule has 8 aromatic rings. The topological polar surface area (TPSA) is 0 Å². The quantitative estimate of drug-likeness (QED) is 0.204. The van der Waals surface area contributed by atoms with Gasteiger partial charge in [0.1, 0.15) is 0 Å². The first-order chi connectivity index (χ1) is 20.8. The Morgan fingerprint density at radius 1 is 0.357 bits per heavy atom. The van der Waals surface area contributed by atoms with Crippen LogP contribution < -0.4 is 0 Å². The lowest BCUT2D eigenvalue weighted by Gasteiger charge is -2.21. The summed E-state index contributed by atoms with van der Waals surface area (Å²) < 4.78 is 2.70. The van der Waals surface area contributed by atoms with Crippen molar-refractivity contribution in [2.75, 3.05) is 0 Å². The normalized spacial score (nSPS) is 12.2. The van der Waals surface area contributed by atoms with E-state index >= 15 is 0 Å². The largest absolute Gasteiger partial charge is 0.135 e. The molecular formula is C40H24S2. The maximum absolute atomic E-state index is 2.34. The van der Waals surface area contributed by atoms with Gasteiger partial charge in [0.05, 0.1) is 0 Å². The second-order valence-corrected chi connectivity index (χ2v) is 13.0. The van der Waals surface area contributed by atoms with Crippen molar-refractivity contribution in [3.63, 3.8) is 0 Å². The Labute approximate surface area is 252 Å². The summed E-state index contributed by atoms with van der Waals surface area (Å²) in [6.45, 7) is 0. The highest BCUT2D eigenvalue weighted by Gasteiger charge is 2.20. The van der Waals surface area contributed by atoms with Gasteiger partial charge in [-0.3, -0.25) is 0 Å². The highest BCUT2D eigenvalue weighted by atomic mass is 32.2. The summed E-state index contributed by atoms with van der Waals surface area (Å²) in [4.78, 5) is 2.67. The molecule has 1 aliphatic heterocycles. The molecular weight excluding hydrogens is 545 g/mol. The van der Waals surface area contributed by atoms with Crippen molar-refractivity contribution >= 4 is 54.0 Å². The molecule has 0 spiro atoms. The monoisotopic (exact) mass is 568 g/mol. The van der Waals surface area contributed by atoms with Crippen molar-refractivity contribution < 1.29 is 0 Å². The summed E-state index contributed by atoms with van der Waals surface area (Å²) in [5, 5.41) is 5.36. The van der Waals surface area contributed by atoms with E-state index in [0.717, 1.165) is 0 Å². The van der Waals surface area contributed by atoms with Crippen LogP contribution in [-0.2, 0) is 0 Å². The maximum atomic E-state index is 2.34. The lowest BCUT2D eigenvalue weighted by molar-refractivity contribution is 1.40. The van der Waals surface area contributed by atoms with Gasteiger partial charge < -0.3 is 0 Å². The molecule has 7 aromatic carbocycles. The van der Waals surface area contributed by atoms with Crippen LogP contribution in [-0.4, -0.2) is 0 Å². The van der Waals surface area contributed by atoms with Crippen LogP contribution in [0.15, 0.2) is 155 Å². The van der Waals surface area contributed by atoms with E-state index in [2.05, 4.69) is 146 Å². The molecule has 0 amide bonds. The number of thiophene rings is 1. The van der Waals surface area contributed by atoms with E-state index < -0.39 is 0 Å². The fourth-order valence-electron chi connectivity index (χ4n) is 6.52. The first-order valence-corrected chi connectivity index (χ1v) is 15.9. The zero-order valence-corrected chi connectivity index (χ0v) is 24.3. The second kappa shape index (κ2) is 9.46. The summed E-state index contributed by atoms with van der Waals surface area (Å²) in [7, 11) is 0. The third-order valence-electron chi connectivity index (χ3n) is 8.51. The molecule has 9 rings (SSSR count). The van der Waals surface area contributed by atoms with Gasteiger partial charge in [-0.25, -0.2) is 0 Å². The molecule has 196 valence electrons. The van der Waals surface area contributed by atoms with Crippen LogP contribution in [0.4, 0.5) is 0 Å². The first-order valence-electron chi connectivity index (χ1n) is 14.3. The number of fused-ring (bicyclic) bond motifs is 5. The van der Waals surface area contributed by atoms with E-state index in [0.29, 0.717) is 0 Å². The van der Waals surface area contributed by atoms with Gasteiger partial charge in [0, 0.05) is 35.3 Å². The zero-order valence-electron chi connectivity index (χ0n) is 22.7. The predicted molar refractivity (Wildman–Crippen MR) is 183 cm³/mol. The molecule has 2 heteroatoms. The van der Waals surface area contributed by atoms with Gasteiger partial charge in [-0.15, -0.1) is 11.3 Å². The molecule has 0 bridgehead atoms. The maximum Gasteiger partial charge on any atom is 0.0433 e. The van der Waals surface area contributed by atoms with Crippen LogP contribution in [0.5, 0.6) is 0 Å². The lowest BCUT2D eigenvalue weighted by Crippen LogP contribution is -1.94. The standard InChI is InChI=1S/C40H24S2/c1-3-16-36-31(10-1)34-14-7-13-33-29(22-23-38(41-36)39(33)34)28-9-5-8-27(24-28)25-18-20-26(21-19-25)30-12-6-15-35-32-11-2-4-17-37(32)42-40(30)35/h1-24H. The molecule has 0 radical (unpaired) electrons. The Balaban J connectivity index is 1.11. The fraction of sp³-hybridized carbons (Fsp3) is 0. The molecule has 1 aliphatic rings. The van der Waals surface area contributed by atoms with E-state index in [1.165, 1.54) is 85.2 Å². The van der Waals surface area contributed by atoms with Crippen molar-refractivity contribution in [2.45, 2.75) is 9.79 Å². The van der Waals surface area contributed by atoms with E-state index in [1.807, 2.05) is 23.1 Å². The van der Waals surface area contributed by atoms with Gasteiger partial charge in [-0.1, -0.05) is 133 Å². The summed E-state index contributed by atoms with van der Waals surface area (Å²) in [6, 6.07) is 53.6. The minimum atomic E-state index is 1.23. The van der Waals surface area contributed by atoms with Crippen LogP contribution in [0.1, 0.15) is 0 Å². The van der Waals surface area contributed by atoms with E-state index in [1.54, 1.807) is 0 Å². The smallest absolute Gasteiger partial charge is 0.0433 e. The molecule has 0 N–H and O–H groups in total. The predicted octanol–water partition coefficient (Wildman–Crippen LogP) is 12.3. The average Bonchev–Trinajstić information content (AvgIpc) is 3.44. The van der Waals surface area contributed by atoms with E-state index in [4.69, 9.17) is 0 Å². The molecule has 0 aliphatic carbocycles. The molecule has 1 aromatic heterocycles. The first kappa shape index (κ1) is 24.0. The average molecular weight is 569 g/mol. The summed E-state index contributed by atoms with van der Waals surface area (Å²) in [5.41, 5.74) is 10.2. The minimum absolute atomic E-state index is 1.23. The van der Waals surface area contributed by atoms with Gasteiger partial charge in [-0.2, -0.15) is 0 Å². The summed E-state index contributed by atoms with van der Waals surface area (Å²) in [5.74, 6) is 0. The molecule has 0 saturated heterocycles. The van der Waals surface area contributed by atoms with Crippen molar-refractivity contribution in [3.8, 4) is 44.5 Å². The van der Waals surface area contributed by atoms with Crippen molar-refractivity contribution in [2.24, 2.45) is 0 Å². The minimum Gasteiger partial charge on any atom is -0.135 e. The lowest BCUT2D eigenvalue weighted by atomic mass is 9.91. The van der Waals surface area contributed by atoms with Crippen molar-refractivity contribution in [1.82, 2.24) is 0 Å². The third kappa shape index (κ3) is 3.69. The molecule has 0 saturated carbocycles. The Morgan fingerprint density at radius 2 is 1.05 bits per heavy atom. The van der Waals surface area contributed by atoms with E-state index in [-0.39, 0.29) is 0 Å². The van der Waals surface area contributed by atoms with Crippen molar-refractivity contribution in [1.29, 1.82) is 0 Å². The van der Waals surface area contributed by atoms with Gasteiger partial charge in [-0.05, 0) is 74.2 Å². The molecule has 0 fully saturated rings. The summed E-state index contributed by atoms with van der Waals surface area (Å²) >= 11 is 3.77. The molecule has 0 nitrogen and oxygen atoms in total. The Morgan fingerprint density at radius 3 is 1.98 bits per heavy atom. The number of benzene rings is 7. The van der Waals surface area contributed by atoms with Crippen molar-refractivity contribution in [3.05, 3.63) is 146 Å². The Hall–Kier alpha value is -4.63. The number of rotatable bonds is 3. The van der Waals surface area contributed by atoms with Crippen LogP contribution in [0.25, 0.3) is 75.5 Å². The Kier molecular flexibility index (Phi) is 5.41. The molecule has 0 unspecified atom stereocenters. The fourth-order valence-corrected chi connectivity index (χ4v) is 8.88. The van der Waals surface area contributed by atoms with Gasteiger partial charge in [0.25, 0.3) is 0 Å². The van der Waals surface area contributed by atoms with Gasteiger partial charge in [0.15, 0.2) is 0 Å². The van der Waals surface area contributed by atoms with E-state index in [9.17, 15) is 0 Å². The third-order valence-corrected chi connectivity index (χ3v) is 10.9. The molecule has 2 heterocycles. The highest BCUT2D eigenvalue weighted by Crippen LogP contribution is 2.49. The van der Waals surface area contributed by atoms with Crippen LogP contribution >= 0.6 is 23.1 Å². The number of hydrogen-bond donors (Lipinski definition) is 0. The second-order valence-electron chi connectivity index (χ2n) is 10.9. The SMILES string of the molecule is c1cc(-c2ccc(-c3cccc4c3sc3ccccc34)cc2)cc(-c2ccc3c4c(cccc24)-c2ccccc2S3)c1. The van der Waals surface area contributed by atoms with Crippen LogP contribution in [0, 0.1) is 0 Å². The molecule has 0 atom stereocenters. The molecule has 42 heavy (non-hydrogen) atoms. The van der Waals surface area contributed by atoms with Crippen LogP contribution in [0.3, 0.4) is 0 Å². The Bertz CT molecular complexity index is 2320. The van der Waals surface area contributed by atoms with Crippen LogP contribution in [0.2, 0.25) is 0 Å². The summed E-state index contributed by atoms with van der Waals surface area (Å²) in [6.07, 6.45) is 0. The van der Waals surface area contributed by atoms with Gasteiger partial charge >= 0.3 is 0 Å². The number of hydrogen-bond acceptors (Lipinski definition) is 2. The van der Waals surface area contributed by atoms with Gasteiger partial charge in [0.2, 0.25) is 0 Å². The highest BCUT2D eigenvalue weighted by molar-refractivity contribution is 7.99. The zero-order chi connectivity index (χ0) is 27.6.